The SMILES string of the molecule is CC(C)N(C(=O)CCc1ccc(OCCCCN(C)CCOCCOCCc2cn(CCOCCOc3ccc(NC(=O)Nc4nc(CC(=O)N5CCN(C)CC5)cs4)cc3)nn2)cc1)C(C(=O)NCc1ccc(Cl)cc1)c1ccc(Cl)cc1. The lowest BCUT2D eigenvalue weighted by Crippen LogP contribution is -2.47. The fourth-order valence-corrected chi connectivity index (χ4v) is 10.00. The second-order valence-corrected chi connectivity index (χ2v) is 22.4. The molecule has 1 aliphatic heterocycles. The molecule has 84 heavy (non-hydrogen) atoms. The van der Waals surface area contributed by atoms with E-state index in [4.69, 9.17) is 46.9 Å². The molecule has 0 spiro atoms. The number of unbranched alkanes of at least 4 members (excludes halogenated alkanes) is 1. The first-order valence-electron chi connectivity index (χ1n) is 28.6. The van der Waals surface area contributed by atoms with Gasteiger partial charge in [0, 0.05) is 85.5 Å². The van der Waals surface area contributed by atoms with Gasteiger partial charge in [0.05, 0.1) is 70.6 Å². The summed E-state index contributed by atoms with van der Waals surface area (Å²) in [6, 6.07) is 27.7. The third-order valence-electron chi connectivity index (χ3n) is 13.8. The second kappa shape index (κ2) is 34.9. The van der Waals surface area contributed by atoms with Gasteiger partial charge >= 0.3 is 6.03 Å². The van der Waals surface area contributed by atoms with Crippen LogP contribution in [-0.4, -0.2) is 176 Å². The van der Waals surface area contributed by atoms with E-state index in [-0.39, 0.29) is 36.6 Å². The molecule has 1 atom stereocenters. The van der Waals surface area contributed by atoms with Gasteiger partial charge in [0.25, 0.3) is 0 Å². The molecule has 1 saturated heterocycles. The molecule has 7 rings (SSSR count). The Morgan fingerprint density at radius 3 is 2.05 bits per heavy atom. The normalized spacial score (nSPS) is 13.0. The zero-order valence-corrected chi connectivity index (χ0v) is 50.8. The maximum atomic E-state index is 13.9. The van der Waals surface area contributed by atoms with Crippen molar-refractivity contribution in [2.24, 2.45) is 0 Å². The third-order valence-corrected chi connectivity index (χ3v) is 15.1. The van der Waals surface area contributed by atoms with E-state index >= 15 is 0 Å². The summed E-state index contributed by atoms with van der Waals surface area (Å²) in [5.74, 6) is 1.08. The molecule has 2 aromatic heterocycles. The Balaban J connectivity index is 0.661. The van der Waals surface area contributed by atoms with Crippen LogP contribution in [0, 0.1) is 0 Å². The van der Waals surface area contributed by atoms with Crippen molar-refractivity contribution in [1.82, 2.24) is 44.9 Å². The number of carbonyl (C=O) groups is 4. The molecule has 1 fully saturated rings. The summed E-state index contributed by atoms with van der Waals surface area (Å²) < 4.78 is 30.9. The zero-order valence-electron chi connectivity index (χ0n) is 48.5. The van der Waals surface area contributed by atoms with Crippen molar-refractivity contribution in [2.45, 2.75) is 77.5 Å². The van der Waals surface area contributed by atoms with Crippen LogP contribution in [0.2, 0.25) is 10.0 Å². The summed E-state index contributed by atoms with van der Waals surface area (Å²) in [6.45, 7) is 13.5. The van der Waals surface area contributed by atoms with E-state index < -0.39 is 12.1 Å². The molecule has 23 heteroatoms. The van der Waals surface area contributed by atoms with Crippen LogP contribution in [0.5, 0.6) is 11.5 Å². The monoisotopic (exact) mass is 1210 g/mol. The number of piperazine rings is 1. The number of benzene rings is 4. The van der Waals surface area contributed by atoms with Crippen LogP contribution in [-0.2, 0) is 60.9 Å². The number of anilines is 2. The highest BCUT2D eigenvalue weighted by Crippen LogP contribution is 2.28. The molecule has 1 unspecified atom stereocenters. The molecule has 0 aliphatic carbocycles. The number of rotatable bonds is 35. The number of aryl methyl sites for hydroxylation is 1. The number of thiazole rings is 1. The maximum absolute atomic E-state index is 13.9. The Hall–Kier alpha value is -6.69. The molecular weight excluding hydrogens is 1130 g/mol. The number of amides is 5. The number of likely N-dealkylation sites (N-methyl/N-ethyl adjacent to an activating group) is 2. The summed E-state index contributed by atoms with van der Waals surface area (Å²) >= 11 is 13.5. The first-order chi connectivity index (χ1) is 40.7. The molecular formula is C61H79Cl2N11O9S. The lowest BCUT2D eigenvalue weighted by atomic mass is 10.0. The van der Waals surface area contributed by atoms with Gasteiger partial charge in [-0.2, -0.15) is 0 Å². The maximum Gasteiger partial charge on any atom is 0.325 e. The number of halogens is 2. The van der Waals surface area contributed by atoms with E-state index in [0.717, 1.165) is 61.6 Å². The molecule has 0 bridgehead atoms. The van der Waals surface area contributed by atoms with Gasteiger partial charge in [0.1, 0.15) is 24.1 Å². The first kappa shape index (κ1) is 64.9. The highest BCUT2D eigenvalue weighted by molar-refractivity contribution is 7.14. The van der Waals surface area contributed by atoms with Crippen molar-refractivity contribution < 1.29 is 42.9 Å². The highest BCUT2D eigenvalue weighted by atomic mass is 35.5. The Kier molecular flexibility index (Phi) is 27.0. The van der Waals surface area contributed by atoms with Crippen molar-refractivity contribution in [3.63, 3.8) is 0 Å². The quantitative estimate of drug-likeness (QED) is 0.0319. The number of carbonyl (C=O) groups excluding carboxylic acids is 4. The van der Waals surface area contributed by atoms with Crippen molar-refractivity contribution >= 4 is 69.1 Å². The molecule has 0 saturated carbocycles. The van der Waals surface area contributed by atoms with E-state index in [1.54, 1.807) is 75.6 Å². The molecule has 0 radical (unpaired) electrons. The van der Waals surface area contributed by atoms with Crippen LogP contribution in [0.4, 0.5) is 15.6 Å². The lowest BCUT2D eigenvalue weighted by Gasteiger charge is -2.35. The molecule has 3 heterocycles. The third kappa shape index (κ3) is 22.7. The lowest BCUT2D eigenvalue weighted by molar-refractivity contribution is -0.143. The number of urea groups is 1. The number of nitrogens with one attached hydrogen (secondary N) is 3. The number of aromatic nitrogens is 4. The van der Waals surface area contributed by atoms with Crippen LogP contribution in [0.25, 0.3) is 0 Å². The standard InChI is InChI=1S/C61H79Cl2N11O9S/c1-45(2)74(58(48-12-16-50(63)17-13-48)59(77)64-42-47-7-14-49(62)15-8-47)56(75)24-11-46-9-20-54(21-10-46)82-33-6-5-26-70(3)31-35-80-38-37-79-34-25-52-43-73(69-68-52)32-36-81-39-40-83-55-22-18-51(19-23-55)65-60(78)67-61-66-53(44-84-61)41-57(76)72-29-27-71(4)28-30-72/h7-10,12-23,43-45,58H,5-6,11,24-42H2,1-4H3,(H,64,77)(H2,65,66,67,78). The summed E-state index contributed by atoms with van der Waals surface area (Å²) in [7, 11) is 4.14. The minimum Gasteiger partial charge on any atom is -0.494 e. The van der Waals surface area contributed by atoms with Crippen molar-refractivity contribution in [2.75, 3.05) is 117 Å². The average molecular weight is 1210 g/mol. The average Bonchev–Trinajstić information content (AvgIpc) is 4.21. The van der Waals surface area contributed by atoms with Gasteiger partial charge < -0.3 is 53.9 Å². The molecule has 3 N–H and O–H groups in total. The van der Waals surface area contributed by atoms with E-state index in [1.807, 2.05) is 68.4 Å². The van der Waals surface area contributed by atoms with Crippen molar-refractivity contribution in [3.8, 4) is 11.5 Å². The predicted octanol–water partition coefficient (Wildman–Crippen LogP) is 8.69. The smallest absolute Gasteiger partial charge is 0.325 e. The van der Waals surface area contributed by atoms with Gasteiger partial charge in [0.15, 0.2) is 5.13 Å². The summed E-state index contributed by atoms with van der Waals surface area (Å²) in [5.41, 5.74) is 4.66. The van der Waals surface area contributed by atoms with E-state index in [2.05, 4.69) is 48.1 Å². The predicted molar refractivity (Wildman–Crippen MR) is 327 cm³/mol. The van der Waals surface area contributed by atoms with Crippen LogP contribution >= 0.6 is 34.5 Å². The number of ether oxygens (including phenoxy) is 5. The van der Waals surface area contributed by atoms with Crippen molar-refractivity contribution in [1.29, 1.82) is 0 Å². The zero-order chi connectivity index (χ0) is 59.5. The Morgan fingerprint density at radius 2 is 1.33 bits per heavy atom. The van der Waals surface area contributed by atoms with Crippen molar-refractivity contribution in [3.05, 3.63) is 147 Å². The number of hydrogen-bond acceptors (Lipinski definition) is 15. The Bertz CT molecular complexity index is 2930. The van der Waals surface area contributed by atoms with Crippen LogP contribution in [0.3, 0.4) is 0 Å². The molecule has 20 nitrogen and oxygen atoms in total. The largest absolute Gasteiger partial charge is 0.494 e. The van der Waals surface area contributed by atoms with Crippen LogP contribution in [0.1, 0.15) is 67.2 Å². The minimum absolute atomic E-state index is 0.0456. The fourth-order valence-electron chi connectivity index (χ4n) is 9.04. The molecule has 452 valence electrons. The number of nitrogens with zero attached hydrogens (tertiary/aromatic N) is 8. The highest BCUT2D eigenvalue weighted by Gasteiger charge is 2.33. The fraction of sp³-hybridized carbons (Fsp3) is 0.459. The van der Waals surface area contributed by atoms with E-state index in [1.165, 1.54) is 11.3 Å². The van der Waals surface area contributed by atoms with Gasteiger partial charge in [-0.15, -0.1) is 16.4 Å². The summed E-state index contributed by atoms with van der Waals surface area (Å²) in [5, 5.41) is 20.4. The van der Waals surface area contributed by atoms with Crippen LogP contribution < -0.4 is 25.4 Å². The van der Waals surface area contributed by atoms with Gasteiger partial charge in [-0.05, 0) is 131 Å². The van der Waals surface area contributed by atoms with Gasteiger partial charge in [0.2, 0.25) is 17.7 Å². The van der Waals surface area contributed by atoms with Crippen LogP contribution in [0.15, 0.2) is 109 Å². The number of hydrogen-bond donors (Lipinski definition) is 3. The topological polar surface area (TPSA) is 207 Å². The van der Waals surface area contributed by atoms with E-state index in [9.17, 15) is 19.2 Å². The summed E-state index contributed by atoms with van der Waals surface area (Å²) in [4.78, 5) is 65.3. The minimum atomic E-state index is -0.836. The first-order valence-corrected chi connectivity index (χ1v) is 30.2. The Labute approximate surface area is 507 Å². The van der Waals surface area contributed by atoms with Gasteiger partial charge in [-0.3, -0.25) is 19.7 Å². The molecule has 4 aromatic carbocycles. The van der Waals surface area contributed by atoms with Gasteiger partial charge in [-0.25, -0.2) is 14.5 Å². The van der Waals surface area contributed by atoms with Gasteiger partial charge in [-0.1, -0.05) is 64.8 Å². The molecule has 1 aliphatic rings. The van der Waals surface area contributed by atoms with E-state index in [0.29, 0.717) is 130 Å². The summed E-state index contributed by atoms with van der Waals surface area (Å²) in [6.07, 6.45) is 5.39. The Morgan fingerprint density at radius 1 is 0.690 bits per heavy atom. The second-order valence-electron chi connectivity index (χ2n) is 20.7. The molecule has 5 amide bonds. The molecule has 6 aromatic rings.